The van der Waals surface area contributed by atoms with E-state index in [1.54, 1.807) is 0 Å². The molecule has 0 saturated carbocycles. The van der Waals surface area contributed by atoms with Gasteiger partial charge in [-0.2, -0.15) is 0 Å². The number of fused-ring (bicyclic) bond motifs is 1. The predicted molar refractivity (Wildman–Crippen MR) is 81.4 cm³/mol. The van der Waals surface area contributed by atoms with E-state index in [1.807, 2.05) is 24.3 Å². The fraction of sp³-hybridized carbons (Fsp3) is 0.0667. The largest absolute Gasteiger partial charge is 0.458 e. The van der Waals surface area contributed by atoms with Gasteiger partial charge in [0.1, 0.15) is 17.2 Å². The molecule has 0 aliphatic rings. The first kappa shape index (κ1) is 13.6. The van der Waals surface area contributed by atoms with Crippen molar-refractivity contribution < 1.29 is 8.81 Å². The molecule has 0 aliphatic heterocycles. The zero-order valence-electron chi connectivity index (χ0n) is 10.2. The second-order valence-corrected chi connectivity index (χ2v) is 5.71. The van der Waals surface area contributed by atoms with Crippen molar-refractivity contribution in [3.63, 3.8) is 0 Å². The smallest absolute Gasteiger partial charge is 0.148 e. The van der Waals surface area contributed by atoms with Gasteiger partial charge < -0.3 is 10.2 Å². The number of halogens is 3. The molecule has 0 aliphatic carbocycles. The van der Waals surface area contributed by atoms with Crippen LogP contribution in [0.4, 0.5) is 4.39 Å². The third kappa shape index (κ3) is 2.35. The molecular weight excluding hydrogens is 345 g/mol. The summed E-state index contributed by atoms with van der Waals surface area (Å²) in [4.78, 5) is 0. The van der Waals surface area contributed by atoms with E-state index < -0.39 is 6.04 Å². The molecule has 5 heteroatoms. The third-order valence-corrected chi connectivity index (χ3v) is 4.08. The van der Waals surface area contributed by atoms with Crippen LogP contribution in [0.25, 0.3) is 11.0 Å². The summed E-state index contributed by atoms with van der Waals surface area (Å²) in [6.07, 6.45) is 0. The van der Waals surface area contributed by atoms with Gasteiger partial charge in [-0.05, 0) is 51.8 Å². The van der Waals surface area contributed by atoms with Gasteiger partial charge in [-0.15, -0.1) is 0 Å². The molecule has 0 amide bonds. The Hall–Kier alpha value is -1.36. The molecule has 20 heavy (non-hydrogen) atoms. The molecule has 2 aromatic carbocycles. The summed E-state index contributed by atoms with van der Waals surface area (Å²) in [5.41, 5.74) is 7.35. The molecule has 0 bridgehead atoms. The van der Waals surface area contributed by atoms with Crippen molar-refractivity contribution in [2.75, 3.05) is 0 Å². The maximum Gasteiger partial charge on any atom is 0.148 e. The number of furan rings is 1. The third-order valence-electron chi connectivity index (χ3n) is 3.11. The lowest BCUT2D eigenvalue weighted by Gasteiger charge is -2.11. The minimum absolute atomic E-state index is 0.378. The molecule has 0 spiro atoms. The molecule has 102 valence electrons. The Balaban J connectivity index is 2.10. The highest BCUT2D eigenvalue weighted by atomic mass is 79.9. The highest BCUT2D eigenvalue weighted by Gasteiger charge is 2.18. The quantitative estimate of drug-likeness (QED) is 0.700. The summed E-state index contributed by atoms with van der Waals surface area (Å²) in [5.74, 6) is 0.163. The maximum atomic E-state index is 13.3. The summed E-state index contributed by atoms with van der Waals surface area (Å²) in [7, 11) is 0. The van der Waals surface area contributed by atoms with Gasteiger partial charge in [0, 0.05) is 10.4 Å². The average molecular weight is 355 g/mol. The maximum absolute atomic E-state index is 13.3. The highest BCUT2D eigenvalue weighted by Crippen LogP contribution is 2.33. The Morgan fingerprint density at radius 1 is 1.20 bits per heavy atom. The van der Waals surface area contributed by atoms with Gasteiger partial charge in [0.05, 0.1) is 10.5 Å². The van der Waals surface area contributed by atoms with Crippen molar-refractivity contribution in [2.45, 2.75) is 6.04 Å². The Morgan fingerprint density at radius 2 is 2.00 bits per heavy atom. The minimum Gasteiger partial charge on any atom is -0.458 e. The summed E-state index contributed by atoms with van der Waals surface area (Å²) >= 11 is 9.49. The van der Waals surface area contributed by atoms with E-state index in [-0.39, 0.29) is 5.82 Å². The van der Waals surface area contributed by atoms with E-state index in [2.05, 4.69) is 15.9 Å². The van der Waals surface area contributed by atoms with Crippen molar-refractivity contribution in [3.05, 3.63) is 69.1 Å². The monoisotopic (exact) mass is 353 g/mol. The molecule has 1 heterocycles. The standard InChI is InChI=1S/C15H10BrClFNO/c16-11-3-1-2-8-6-13(20-15(8)11)14(19)10-7-9(18)4-5-12(10)17/h1-7,14H,19H2. The van der Waals surface area contributed by atoms with Gasteiger partial charge in [0.15, 0.2) is 0 Å². The Kier molecular flexibility index (Phi) is 3.54. The fourth-order valence-corrected chi connectivity index (χ4v) is 2.80. The van der Waals surface area contributed by atoms with Crippen molar-refractivity contribution in [2.24, 2.45) is 5.73 Å². The Morgan fingerprint density at radius 3 is 2.75 bits per heavy atom. The van der Waals surface area contributed by atoms with Crippen LogP contribution in [-0.2, 0) is 0 Å². The van der Waals surface area contributed by atoms with E-state index in [9.17, 15) is 4.39 Å². The number of benzene rings is 2. The topological polar surface area (TPSA) is 39.2 Å². The first-order valence-corrected chi connectivity index (χ1v) is 7.12. The average Bonchev–Trinajstić information content (AvgIpc) is 2.86. The van der Waals surface area contributed by atoms with Gasteiger partial charge in [0.2, 0.25) is 0 Å². The molecule has 0 saturated heterocycles. The van der Waals surface area contributed by atoms with Crippen LogP contribution in [0.5, 0.6) is 0 Å². The Bertz CT molecular complexity index is 787. The van der Waals surface area contributed by atoms with Crippen molar-refractivity contribution in [1.29, 1.82) is 0 Å². The van der Waals surface area contributed by atoms with Crippen LogP contribution in [0.1, 0.15) is 17.4 Å². The van der Waals surface area contributed by atoms with Crippen LogP contribution in [0, 0.1) is 5.82 Å². The van der Waals surface area contributed by atoms with Crippen molar-refractivity contribution in [3.8, 4) is 0 Å². The number of para-hydroxylation sites is 1. The minimum atomic E-state index is -0.613. The zero-order chi connectivity index (χ0) is 14.3. The second kappa shape index (κ2) is 5.20. The fourth-order valence-electron chi connectivity index (χ4n) is 2.11. The van der Waals surface area contributed by atoms with Gasteiger partial charge in [-0.1, -0.05) is 23.7 Å². The summed E-state index contributed by atoms with van der Waals surface area (Å²) in [6.45, 7) is 0. The number of rotatable bonds is 2. The number of hydrogen-bond donors (Lipinski definition) is 1. The second-order valence-electron chi connectivity index (χ2n) is 4.45. The van der Waals surface area contributed by atoms with Crippen LogP contribution in [0.2, 0.25) is 5.02 Å². The molecule has 3 aromatic rings. The molecule has 1 atom stereocenters. The predicted octanol–water partition coefficient (Wildman–Crippen LogP) is 5.04. The van der Waals surface area contributed by atoms with E-state index in [4.69, 9.17) is 21.8 Å². The van der Waals surface area contributed by atoms with Crippen LogP contribution in [0.15, 0.2) is 51.4 Å². The van der Waals surface area contributed by atoms with Crippen molar-refractivity contribution in [1.82, 2.24) is 0 Å². The van der Waals surface area contributed by atoms with E-state index in [1.165, 1.54) is 18.2 Å². The van der Waals surface area contributed by atoms with E-state index in [0.29, 0.717) is 21.9 Å². The summed E-state index contributed by atoms with van der Waals surface area (Å²) in [6, 6.07) is 11.1. The summed E-state index contributed by atoms with van der Waals surface area (Å²) in [5, 5.41) is 1.34. The molecule has 3 rings (SSSR count). The van der Waals surface area contributed by atoms with Crippen molar-refractivity contribution >= 4 is 38.5 Å². The lowest BCUT2D eigenvalue weighted by molar-refractivity contribution is 0.522. The molecule has 1 aromatic heterocycles. The summed E-state index contributed by atoms with van der Waals surface area (Å²) < 4.78 is 19.9. The van der Waals surface area contributed by atoms with E-state index >= 15 is 0 Å². The van der Waals surface area contributed by atoms with Gasteiger partial charge in [0.25, 0.3) is 0 Å². The molecule has 0 radical (unpaired) electrons. The molecule has 1 unspecified atom stereocenters. The molecule has 2 nitrogen and oxygen atoms in total. The zero-order valence-corrected chi connectivity index (χ0v) is 12.6. The first-order chi connectivity index (χ1) is 9.56. The SMILES string of the molecule is NC(c1cc2cccc(Br)c2o1)c1cc(F)ccc1Cl. The molecule has 2 N–H and O–H groups in total. The van der Waals surface area contributed by atoms with E-state index in [0.717, 1.165) is 9.86 Å². The normalized spacial score (nSPS) is 12.8. The Labute approximate surface area is 128 Å². The number of hydrogen-bond acceptors (Lipinski definition) is 2. The molecule has 0 fully saturated rings. The van der Waals surface area contributed by atoms with Gasteiger partial charge in [-0.25, -0.2) is 4.39 Å². The lowest BCUT2D eigenvalue weighted by Crippen LogP contribution is -2.11. The van der Waals surface area contributed by atoms with Crippen LogP contribution in [0.3, 0.4) is 0 Å². The van der Waals surface area contributed by atoms with Gasteiger partial charge in [-0.3, -0.25) is 0 Å². The van der Waals surface area contributed by atoms with Crippen LogP contribution in [-0.4, -0.2) is 0 Å². The first-order valence-electron chi connectivity index (χ1n) is 5.95. The molecular formula is C15H10BrClFNO. The number of nitrogens with two attached hydrogens (primary N) is 1. The highest BCUT2D eigenvalue weighted by molar-refractivity contribution is 9.10. The van der Waals surface area contributed by atoms with Gasteiger partial charge >= 0.3 is 0 Å². The van der Waals surface area contributed by atoms with Crippen LogP contribution >= 0.6 is 27.5 Å². The van der Waals surface area contributed by atoms with Crippen LogP contribution < -0.4 is 5.73 Å². The lowest BCUT2D eigenvalue weighted by atomic mass is 10.0.